The van der Waals surface area contributed by atoms with E-state index >= 15 is 0 Å². The molecule has 1 aromatic carbocycles. The van der Waals surface area contributed by atoms with Gasteiger partial charge in [0, 0.05) is 5.56 Å². The molecule has 6 heteroatoms. The third kappa shape index (κ3) is 3.38. The molecule has 130 valence electrons. The summed E-state index contributed by atoms with van der Waals surface area (Å²) in [5.74, 6) is 2.62. The largest absolute Gasteiger partial charge is 0.493 e. The number of likely N-dealkylation sites (tertiary alicyclic amines) is 1. The van der Waals surface area contributed by atoms with E-state index in [4.69, 9.17) is 14.0 Å². The Hall–Kier alpha value is -2.08. The first-order valence-corrected chi connectivity index (χ1v) is 8.53. The minimum atomic E-state index is 0.586. The molecule has 1 aliphatic heterocycles. The van der Waals surface area contributed by atoms with Crippen molar-refractivity contribution < 1.29 is 18.9 Å². The van der Waals surface area contributed by atoms with Gasteiger partial charge in [0.05, 0.1) is 26.3 Å². The molecule has 2 heterocycles. The average Bonchev–Trinajstić information content (AvgIpc) is 3.06. The fourth-order valence-corrected chi connectivity index (χ4v) is 3.53. The van der Waals surface area contributed by atoms with Crippen LogP contribution >= 0.6 is 0 Å². The summed E-state index contributed by atoms with van der Waals surface area (Å²) in [7, 11) is 3.24. The number of hydrogen-bond donors (Lipinski definition) is 1. The van der Waals surface area contributed by atoms with Crippen molar-refractivity contribution in [3.8, 4) is 22.9 Å². The Kier molecular flexibility index (Phi) is 5.04. The number of aromatic nitrogens is 2. The first kappa shape index (κ1) is 16.8. The summed E-state index contributed by atoms with van der Waals surface area (Å²) in [5.41, 5.74) is 0.859. The number of quaternary nitrogens is 1. The van der Waals surface area contributed by atoms with Gasteiger partial charge in [-0.1, -0.05) is 5.16 Å². The molecule has 1 saturated heterocycles. The minimum absolute atomic E-state index is 0.586. The van der Waals surface area contributed by atoms with E-state index in [1.807, 2.05) is 18.2 Å². The first-order valence-electron chi connectivity index (χ1n) is 8.53. The van der Waals surface area contributed by atoms with E-state index in [9.17, 15) is 0 Å². The van der Waals surface area contributed by atoms with Crippen LogP contribution in [0.4, 0.5) is 0 Å². The summed E-state index contributed by atoms with van der Waals surface area (Å²) < 4.78 is 16.1. The number of rotatable bonds is 5. The number of hydrogen-bond acceptors (Lipinski definition) is 5. The van der Waals surface area contributed by atoms with Crippen molar-refractivity contribution in [1.82, 2.24) is 10.1 Å². The molecule has 2 atom stereocenters. The molecule has 1 fully saturated rings. The Bertz CT molecular complexity index is 676. The molecular formula is C18H26N3O3+. The Balaban J connectivity index is 1.78. The van der Waals surface area contributed by atoms with Gasteiger partial charge in [-0.05, 0) is 51.3 Å². The Morgan fingerprint density at radius 1 is 1.12 bits per heavy atom. The van der Waals surface area contributed by atoms with Gasteiger partial charge < -0.3 is 18.9 Å². The van der Waals surface area contributed by atoms with Crippen LogP contribution < -0.4 is 14.4 Å². The minimum Gasteiger partial charge on any atom is -0.493 e. The van der Waals surface area contributed by atoms with Crippen molar-refractivity contribution in [2.45, 2.75) is 51.7 Å². The van der Waals surface area contributed by atoms with E-state index in [1.165, 1.54) is 24.2 Å². The van der Waals surface area contributed by atoms with E-state index in [0.29, 0.717) is 35.3 Å². The summed E-state index contributed by atoms with van der Waals surface area (Å²) >= 11 is 0. The van der Waals surface area contributed by atoms with Gasteiger partial charge in [0.2, 0.25) is 5.82 Å². The number of nitrogens with zero attached hydrogens (tertiary/aromatic N) is 2. The van der Waals surface area contributed by atoms with Crippen LogP contribution in [0.3, 0.4) is 0 Å². The molecule has 0 unspecified atom stereocenters. The van der Waals surface area contributed by atoms with Crippen LogP contribution in [-0.2, 0) is 6.54 Å². The summed E-state index contributed by atoms with van der Waals surface area (Å²) in [6, 6.07) is 6.89. The van der Waals surface area contributed by atoms with Crippen molar-refractivity contribution >= 4 is 0 Å². The quantitative estimate of drug-likeness (QED) is 0.908. The fourth-order valence-electron chi connectivity index (χ4n) is 3.53. The molecule has 1 aliphatic rings. The van der Waals surface area contributed by atoms with Gasteiger partial charge in [0.15, 0.2) is 18.0 Å². The maximum absolute atomic E-state index is 5.49. The summed E-state index contributed by atoms with van der Waals surface area (Å²) in [5, 5.41) is 4.14. The predicted octanol–water partition coefficient (Wildman–Crippen LogP) is 2.10. The monoisotopic (exact) mass is 332 g/mol. The highest BCUT2D eigenvalue weighted by atomic mass is 16.5. The number of piperidine rings is 1. The molecule has 0 bridgehead atoms. The SMILES string of the molecule is COc1ccc(-c2noc(C[NH+]3[C@@H](C)CCC[C@@H]3C)n2)cc1OC. The molecule has 3 rings (SSSR count). The number of benzene rings is 1. The molecule has 0 radical (unpaired) electrons. The standard InChI is InChI=1S/C18H25N3O3/c1-12-6-5-7-13(2)21(12)11-17-19-18(20-24-17)14-8-9-15(22-3)16(10-14)23-4/h8-10,12-13H,5-7,11H2,1-4H3/p+1/t12-,13-/m0/s1. The lowest BCUT2D eigenvalue weighted by Gasteiger charge is -2.34. The second-order valence-electron chi connectivity index (χ2n) is 6.57. The van der Waals surface area contributed by atoms with Gasteiger partial charge in [0.25, 0.3) is 5.89 Å². The number of ether oxygens (including phenoxy) is 2. The molecule has 0 spiro atoms. The van der Waals surface area contributed by atoms with Crippen LogP contribution in [0.15, 0.2) is 22.7 Å². The van der Waals surface area contributed by atoms with E-state index in [0.717, 1.165) is 12.1 Å². The second kappa shape index (κ2) is 7.21. The van der Waals surface area contributed by atoms with Gasteiger partial charge in [-0.25, -0.2) is 0 Å². The van der Waals surface area contributed by atoms with Crippen LogP contribution in [0, 0.1) is 0 Å². The maximum atomic E-state index is 5.49. The van der Waals surface area contributed by atoms with E-state index in [1.54, 1.807) is 14.2 Å². The Morgan fingerprint density at radius 2 is 1.83 bits per heavy atom. The zero-order chi connectivity index (χ0) is 17.1. The lowest BCUT2D eigenvalue weighted by molar-refractivity contribution is -0.965. The molecule has 0 saturated carbocycles. The third-order valence-corrected chi connectivity index (χ3v) is 5.01. The van der Waals surface area contributed by atoms with Gasteiger partial charge in [-0.15, -0.1) is 0 Å². The number of nitrogens with one attached hydrogen (secondary N) is 1. The van der Waals surface area contributed by atoms with E-state index in [-0.39, 0.29) is 0 Å². The fraction of sp³-hybridized carbons (Fsp3) is 0.556. The Labute approximate surface area is 142 Å². The molecule has 0 amide bonds. The van der Waals surface area contributed by atoms with Gasteiger partial charge in [-0.3, -0.25) is 0 Å². The van der Waals surface area contributed by atoms with Crippen LogP contribution in [0.5, 0.6) is 11.5 Å². The third-order valence-electron chi connectivity index (χ3n) is 5.01. The van der Waals surface area contributed by atoms with Gasteiger partial charge in [-0.2, -0.15) is 4.98 Å². The summed E-state index contributed by atoms with van der Waals surface area (Å²) in [6.45, 7) is 5.38. The van der Waals surface area contributed by atoms with Gasteiger partial charge in [0.1, 0.15) is 0 Å². The molecule has 2 aromatic rings. The lowest BCUT2D eigenvalue weighted by atomic mass is 9.98. The maximum Gasteiger partial charge on any atom is 0.282 e. The Morgan fingerprint density at radius 3 is 2.50 bits per heavy atom. The van der Waals surface area contributed by atoms with E-state index in [2.05, 4.69) is 24.0 Å². The predicted molar refractivity (Wildman–Crippen MR) is 90.3 cm³/mol. The highest BCUT2D eigenvalue weighted by Crippen LogP contribution is 2.31. The normalized spacial score (nSPS) is 21.7. The van der Waals surface area contributed by atoms with Crippen LogP contribution in [0.1, 0.15) is 39.0 Å². The zero-order valence-electron chi connectivity index (χ0n) is 14.8. The first-order chi connectivity index (χ1) is 11.6. The number of methoxy groups -OCH3 is 2. The topological polar surface area (TPSA) is 61.8 Å². The lowest BCUT2D eigenvalue weighted by Crippen LogP contribution is -3.18. The average molecular weight is 332 g/mol. The summed E-state index contributed by atoms with van der Waals surface area (Å²) in [4.78, 5) is 6.11. The zero-order valence-corrected chi connectivity index (χ0v) is 14.8. The van der Waals surface area contributed by atoms with Crippen LogP contribution in [0.2, 0.25) is 0 Å². The van der Waals surface area contributed by atoms with Gasteiger partial charge >= 0.3 is 0 Å². The molecule has 0 aliphatic carbocycles. The van der Waals surface area contributed by atoms with Crippen LogP contribution in [-0.4, -0.2) is 36.4 Å². The van der Waals surface area contributed by atoms with Crippen molar-refractivity contribution in [3.05, 3.63) is 24.1 Å². The summed E-state index contributed by atoms with van der Waals surface area (Å²) in [6.07, 6.45) is 3.83. The molecule has 1 N–H and O–H groups in total. The van der Waals surface area contributed by atoms with Crippen molar-refractivity contribution in [2.24, 2.45) is 0 Å². The van der Waals surface area contributed by atoms with Crippen LogP contribution in [0.25, 0.3) is 11.4 Å². The highest BCUT2D eigenvalue weighted by Gasteiger charge is 2.30. The highest BCUT2D eigenvalue weighted by molar-refractivity contribution is 5.60. The van der Waals surface area contributed by atoms with Crippen molar-refractivity contribution in [3.63, 3.8) is 0 Å². The van der Waals surface area contributed by atoms with Crippen molar-refractivity contribution in [2.75, 3.05) is 14.2 Å². The molecule has 6 nitrogen and oxygen atoms in total. The molecule has 1 aromatic heterocycles. The second-order valence-corrected chi connectivity index (χ2v) is 6.57. The molecular weight excluding hydrogens is 306 g/mol. The smallest absolute Gasteiger partial charge is 0.282 e. The molecule has 24 heavy (non-hydrogen) atoms. The van der Waals surface area contributed by atoms with Crippen molar-refractivity contribution in [1.29, 1.82) is 0 Å². The van der Waals surface area contributed by atoms with E-state index < -0.39 is 0 Å².